The van der Waals surface area contributed by atoms with Gasteiger partial charge in [0.05, 0.1) is 19.6 Å². The van der Waals surface area contributed by atoms with Crippen LogP contribution in [0.5, 0.6) is 0 Å². The van der Waals surface area contributed by atoms with Crippen molar-refractivity contribution in [2.75, 3.05) is 13.2 Å². The van der Waals surface area contributed by atoms with E-state index in [0.29, 0.717) is 26.1 Å². The van der Waals surface area contributed by atoms with Gasteiger partial charge in [0.15, 0.2) is 0 Å². The maximum absolute atomic E-state index is 11.6. The van der Waals surface area contributed by atoms with E-state index < -0.39 is 0 Å². The molecule has 0 heterocycles. The molecule has 0 aliphatic rings. The lowest BCUT2D eigenvalue weighted by Gasteiger charge is -2.10. The molecule has 1 rings (SSSR count). The van der Waals surface area contributed by atoms with Gasteiger partial charge in [0.2, 0.25) is 0 Å². The van der Waals surface area contributed by atoms with Gasteiger partial charge in [-0.3, -0.25) is 9.59 Å². The summed E-state index contributed by atoms with van der Waals surface area (Å²) in [7, 11) is 0. The van der Waals surface area contributed by atoms with Crippen LogP contribution >= 0.6 is 0 Å². The molecule has 0 unspecified atom stereocenters. The Bertz CT molecular complexity index is 466. The van der Waals surface area contributed by atoms with Gasteiger partial charge in [-0.1, -0.05) is 23.8 Å². The molecule has 0 bridgehead atoms. The molecule has 0 saturated heterocycles. The zero-order valence-electron chi connectivity index (χ0n) is 12.4. The van der Waals surface area contributed by atoms with Gasteiger partial charge in [0.1, 0.15) is 0 Å². The average Bonchev–Trinajstić information content (AvgIpc) is 2.39. The lowest BCUT2D eigenvalue weighted by molar-refractivity contribution is -0.143. The zero-order valence-corrected chi connectivity index (χ0v) is 12.4. The van der Waals surface area contributed by atoms with Crippen LogP contribution in [0.1, 0.15) is 37.0 Å². The number of ether oxygens (including phenoxy) is 2. The number of benzene rings is 1. The Morgan fingerprint density at radius 1 is 1.00 bits per heavy atom. The summed E-state index contributed by atoms with van der Waals surface area (Å²) < 4.78 is 9.89. The second-order valence-corrected chi connectivity index (χ2v) is 4.56. The minimum atomic E-state index is -0.242. The molecule has 4 nitrogen and oxygen atoms in total. The summed E-state index contributed by atoms with van der Waals surface area (Å²) in [4.78, 5) is 23.0. The highest BCUT2D eigenvalue weighted by molar-refractivity contribution is 5.73. The van der Waals surface area contributed by atoms with Crippen LogP contribution in [0.25, 0.3) is 0 Å². The summed E-state index contributed by atoms with van der Waals surface area (Å²) in [6.45, 7) is 6.33. The zero-order chi connectivity index (χ0) is 15.0. The first-order chi connectivity index (χ1) is 9.56. The monoisotopic (exact) mass is 278 g/mol. The normalized spacial score (nSPS) is 10.2. The Hall–Kier alpha value is -1.84. The Morgan fingerprint density at radius 2 is 1.65 bits per heavy atom. The van der Waals surface area contributed by atoms with Crippen LogP contribution in [0.15, 0.2) is 18.2 Å². The summed E-state index contributed by atoms with van der Waals surface area (Å²) in [6.07, 6.45) is 1.15. The molecule has 0 aliphatic heterocycles. The smallest absolute Gasteiger partial charge is 0.310 e. The third-order valence-corrected chi connectivity index (χ3v) is 2.91. The van der Waals surface area contributed by atoms with E-state index in [0.717, 1.165) is 16.7 Å². The van der Waals surface area contributed by atoms with Crippen LogP contribution in [0, 0.1) is 6.92 Å². The molecule has 0 radical (unpaired) electrons. The van der Waals surface area contributed by atoms with Crippen molar-refractivity contribution in [1.29, 1.82) is 0 Å². The molecule has 0 atom stereocenters. The summed E-state index contributed by atoms with van der Waals surface area (Å²) >= 11 is 0. The third kappa shape index (κ3) is 5.43. The molecule has 0 fully saturated rings. The van der Waals surface area contributed by atoms with Gasteiger partial charge < -0.3 is 9.47 Å². The van der Waals surface area contributed by atoms with Gasteiger partial charge in [0, 0.05) is 6.42 Å². The van der Waals surface area contributed by atoms with E-state index in [9.17, 15) is 9.59 Å². The lowest BCUT2D eigenvalue weighted by Crippen LogP contribution is -2.11. The number of hydrogen-bond donors (Lipinski definition) is 0. The van der Waals surface area contributed by atoms with Crippen molar-refractivity contribution in [3.63, 3.8) is 0 Å². The van der Waals surface area contributed by atoms with Gasteiger partial charge in [-0.05, 0) is 38.3 Å². The first-order valence-electron chi connectivity index (χ1n) is 6.96. The van der Waals surface area contributed by atoms with Gasteiger partial charge >= 0.3 is 11.9 Å². The number of carbonyl (C=O) groups excluding carboxylic acids is 2. The van der Waals surface area contributed by atoms with Gasteiger partial charge in [-0.15, -0.1) is 0 Å². The number of carbonyl (C=O) groups is 2. The second kappa shape index (κ2) is 8.35. The van der Waals surface area contributed by atoms with Crippen molar-refractivity contribution in [1.82, 2.24) is 0 Å². The highest BCUT2D eigenvalue weighted by atomic mass is 16.5. The Labute approximate surface area is 120 Å². The van der Waals surface area contributed by atoms with Crippen LogP contribution in [0.2, 0.25) is 0 Å². The maximum atomic E-state index is 11.6. The predicted octanol–water partition coefficient (Wildman–Crippen LogP) is 2.60. The van der Waals surface area contributed by atoms with Gasteiger partial charge in [0.25, 0.3) is 0 Å². The van der Waals surface area contributed by atoms with E-state index in [-0.39, 0.29) is 18.4 Å². The third-order valence-electron chi connectivity index (χ3n) is 2.91. The van der Waals surface area contributed by atoms with Crippen LogP contribution in [0.4, 0.5) is 0 Å². The molecule has 1 aromatic carbocycles. The second-order valence-electron chi connectivity index (χ2n) is 4.56. The standard InChI is InChI=1S/C16H22O4/c1-4-19-15(17)9-8-13-10-12(3)6-7-14(13)11-16(18)20-5-2/h6-7,10H,4-5,8-9,11H2,1-3H3. The Kier molecular flexibility index (Phi) is 6.77. The first-order valence-corrected chi connectivity index (χ1v) is 6.96. The highest BCUT2D eigenvalue weighted by Crippen LogP contribution is 2.15. The lowest BCUT2D eigenvalue weighted by atomic mass is 9.98. The van der Waals surface area contributed by atoms with Crippen molar-refractivity contribution >= 4 is 11.9 Å². The summed E-state index contributed by atoms with van der Waals surface area (Å²) in [5.74, 6) is -0.454. The number of hydrogen-bond acceptors (Lipinski definition) is 4. The fourth-order valence-corrected chi connectivity index (χ4v) is 2.00. The molecule has 20 heavy (non-hydrogen) atoms. The maximum Gasteiger partial charge on any atom is 0.310 e. The fourth-order valence-electron chi connectivity index (χ4n) is 2.00. The molecule has 0 spiro atoms. The van der Waals surface area contributed by atoms with Crippen molar-refractivity contribution in [3.8, 4) is 0 Å². The van der Waals surface area contributed by atoms with E-state index in [4.69, 9.17) is 9.47 Å². The molecular weight excluding hydrogens is 256 g/mol. The van der Waals surface area contributed by atoms with Crippen molar-refractivity contribution in [2.45, 2.75) is 40.0 Å². The average molecular weight is 278 g/mol. The quantitative estimate of drug-likeness (QED) is 0.719. The van der Waals surface area contributed by atoms with Crippen LogP contribution in [-0.2, 0) is 31.9 Å². The van der Waals surface area contributed by atoms with E-state index in [1.807, 2.05) is 25.1 Å². The van der Waals surface area contributed by atoms with E-state index in [1.165, 1.54) is 0 Å². The van der Waals surface area contributed by atoms with Gasteiger partial charge in [-0.2, -0.15) is 0 Å². The summed E-state index contributed by atoms with van der Waals surface area (Å²) in [5.41, 5.74) is 3.03. The molecule has 0 aliphatic carbocycles. The number of rotatable bonds is 7. The topological polar surface area (TPSA) is 52.6 Å². The summed E-state index contributed by atoms with van der Waals surface area (Å²) in [5, 5.41) is 0. The molecule has 1 aromatic rings. The number of aryl methyl sites for hydroxylation is 2. The molecule has 0 saturated carbocycles. The van der Waals surface area contributed by atoms with E-state index >= 15 is 0 Å². The predicted molar refractivity (Wildman–Crippen MR) is 76.5 cm³/mol. The largest absolute Gasteiger partial charge is 0.466 e. The SMILES string of the molecule is CCOC(=O)CCc1cc(C)ccc1CC(=O)OCC. The Balaban J connectivity index is 2.74. The van der Waals surface area contributed by atoms with Crippen LogP contribution in [0.3, 0.4) is 0 Å². The molecule has 0 amide bonds. The minimum Gasteiger partial charge on any atom is -0.466 e. The molecule has 4 heteroatoms. The van der Waals surface area contributed by atoms with Crippen molar-refractivity contribution < 1.29 is 19.1 Å². The van der Waals surface area contributed by atoms with Crippen LogP contribution < -0.4 is 0 Å². The summed E-state index contributed by atoms with van der Waals surface area (Å²) in [6, 6.07) is 5.89. The van der Waals surface area contributed by atoms with Gasteiger partial charge in [-0.25, -0.2) is 0 Å². The fraction of sp³-hybridized carbons (Fsp3) is 0.500. The van der Waals surface area contributed by atoms with E-state index in [1.54, 1.807) is 13.8 Å². The molecular formula is C16H22O4. The van der Waals surface area contributed by atoms with Crippen molar-refractivity contribution in [2.24, 2.45) is 0 Å². The highest BCUT2D eigenvalue weighted by Gasteiger charge is 2.11. The van der Waals surface area contributed by atoms with Crippen LogP contribution in [-0.4, -0.2) is 25.2 Å². The molecule has 110 valence electrons. The Morgan fingerprint density at radius 3 is 2.30 bits per heavy atom. The molecule has 0 aromatic heterocycles. The van der Waals surface area contributed by atoms with Crippen molar-refractivity contribution in [3.05, 3.63) is 34.9 Å². The van der Waals surface area contributed by atoms with E-state index in [2.05, 4.69) is 0 Å². The minimum absolute atomic E-state index is 0.212. The molecule has 0 N–H and O–H groups in total. The first kappa shape index (κ1) is 16.2. The number of esters is 2.